The quantitative estimate of drug-likeness (QED) is 0.189. The number of H-pyrrole nitrogens is 2. The highest BCUT2D eigenvalue weighted by molar-refractivity contribution is 7.08. The van der Waals surface area contributed by atoms with E-state index in [-0.39, 0.29) is 6.09 Å². The van der Waals surface area contributed by atoms with Gasteiger partial charge >= 0.3 is 6.09 Å². The molecule has 0 atom stereocenters. The van der Waals surface area contributed by atoms with Gasteiger partial charge in [0.25, 0.3) is 0 Å². The van der Waals surface area contributed by atoms with Crippen LogP contribution in [0.4, 0.5) is 4.79 Å². The molecule has 0 aliphatic rings. The van der Waals surface area contributed by atoms with E-state index in [2.05, 4.69) is 47.0 Å². The van der Waals surface area contributed by atoms with Gasteiger partial charge in [-0.25, -0.2) is 14.8 Å². The summed E-state index contributed by atoms with van der Waals surface area (Å²) in [5, 5.41) is 12.7. The summed E-state index contributed by atoms with van der Waals surface area (Å²) in [5.74, 6) is 0.615. The fraction of sp³-hybridized carbons (Fsp3) is 0.176. The standard InChI is InChI=1S/C34H30N8O2S/c1-34(2,3)44-33(43)42(18-21-7-5-4-6-8-21)19-22-13-24(16-35-15-22)27-14-26-28(17-37-27)40-41-30(26)32-38-29-25(23-10-12-45-20-23)9-11-36-31(29)39-32/h4-17,20H,18-19H2,1-3H3,(H,40,41)(H,36,38,39). The Kier molecular flexibility index (Phi) is 7.30. The smallest absolute Gasteiger partial charge is 0.410 e. The highest BCUT2D eigenvalue weighted by Gasteiger charge is 2.23. The zero-order chi connectivity index (χ0) is 31.0. The number of carbonyl (C=O) groups is 1. The second-order valence-corrected chi connectivity index (χ2v) is 12.5. The molecule has 45 heavy (non-hydrogen) atoms. The van der Waals surface area contributed by atoms with Gasteiger partial charge in [-0.15, -0.1) is 0 Å². The average molecular weight is 615 g/mol. The number of hydrogen-bond acceptors (Lipinski definition) is 8. The van der Waals surface area contributed by atoms with Gasteiger partial charge in [0.15, 0.2) is 11.5 Å². The number of amides is 1. The number of nitrogens with zero attached hydrogens (tertiary/aromatic N) is 6. The number of thiophene rings is 1. The molecule has 0 saturated carbocycles. The zero-order valence-electron chi connectivity index (χ0n) is 25.0. The lowest BCUT2D eigenvalue weighted by atomic mass is 10.1. The van der Waals surface area contributed by atoms with Crippen LogP contribution in [0.25, 0.3) is 56.0 Å². The Bertz CT molecular complexity index is 2110. The Balaban J connectivity index is 1.20. The van der Waals surface area contributed by atoms with Crippen LogP contribution < -0.4 is 0 Å². The van der Waals surface area contributed by atoms with E-state index in [9.17, 15) is 4.79 Å². The summed E-state index contributed by atoms with van der Waals surface area (Å²) in [7, 11) is 0. The first-order chi connectivity index (χ1) is 21.8. The number of hydrogen-bond donors (Lipinski definition) is 2. The van der Waals surface area contributed by atoms with Gasteiger partial charge in [0.1, 0.15) is 11.3 Å². The lowest BCUT2D eigenvalue weighted by Gasteiger charge is -2.27. The van der Waals surface area contributed by atoms with Crippen molar-refractivity contribution in [2.24, 2.45) is 0 Å². The van der Waals surface area contributed by atoms with Crippen molar-refractivity contribution >= 4 is 39.5 Å². The maximum absolute atomic E-state index is 13.2. The number of nitrogens with one attached hydrogen (secondary N) is 2. The van der Waals surface area contributed by atoms with Crippen LogP contribution in [0.15, 0.2) is 90.1 Å². The third-order valence-corrected chi connectivity index (χ3v) is 7.91. The first-order valence-corrected chi connectivity index (χ1v) is 15.4. The lowest BCUT2D eigenvalue weighted by molar-refractivity contribution is 0.0216. The topological polar surface area (TPSA) is 126 Å². The first-order valence-electron chi connectivity index (χ1n) is 14.5. The number of rotatable bonds is 7. The summed E-state index contributed by atoms with van der Waals surface area (Å²) in [4.78, 5) is 36.8. The number of benzene rings is 1. The molecular weight excluding hydrogens is 584 g/mol. The third-order valence-electron chi connectivity index (χ3n) is 7.23. The van der Waals surface area contributed by atoms with Gasteiger partial charge < -0.3 is 9.72 Å². The van der Waals surface area contributed by atoms with Crippen LogP contribution in [0.3, 0.4) is 0 Å². The minimum Gasteiger partial charge on any atom is -0.444 e. The Hall–Kier alpha value is -5.42. The second-order valence-electron chi connectivity index (χ2n) is 11.7. The van der Waals surface area contributed by atoms with Crippen LogP contribution in [0, 0.1) is 0 Å². The minimum absolute atomic E-state index is 0.322. The Morgan fingerprint density at radius 2 is 1.80 bits per heavy atom. The third kappa shape index (κ3) is 6.02. The predicted octanol–water partition coefficient (Wildman–Crippen LogP) is 7.62. The molecule has 0 aliphatic carbocycles. The molecule has 11 heteroatoms. The summed E-state index contributed by atoms with van der Waals surface area (Å²) < 4.78 is 5.73. The normalized spacial score (nSPS) is 11.7. The van der Waals surface area contributed by atoms with Gasteiger partial charge in [-0.3, -0.25) is 20.0 Å². The molecular formula is C34H30N8O2S. The van der Waals surface area contributed by atoms with Crippen LogP contribution >= 0.6 is 11.3 Å². The van der Waals surface area contributed by atoms with Crippen molar-refractivity contribution in [1.82, 2.24) is 40.0 Å². The molecule has 0 aliphatic heterocycles. The van der Waals surface area contributed by atoms with Gasteiger partial charge in [-0.05, 0) is 72.5 Å². The molecule has 0 bridgehead atoms. The fourth-order valence-electron chi connectivity index (χ4n) is 5.19. The van der Waals surface area contributed by atoms with Crippen LogP contribution in [0.5, 0.6) is 0 Å². The molecule has 0 saturated heterocycles. The number of aromatic amines is 2. The van der Waals surface area contributed by atoms with Gasteiger partial charge in [-0.1, -0.05) is 30.3 Å². The van der Waals surface area contributed by atoms with Crippen molar-refractivity contribution in [2.45, 2.75) is 39.5 Å². The largest absolute Gasteiger partial charge is 0.444 e. The molecule has 1 aromatic carbocycles. The van der Waals surface area contributed by atoms with Crippen LogP contribution in [0.2, 0.25) is 0 Å². The number of pyridine rings is 3. The van der Waals surface area contributed by atoms with Gasteiger partial charge in [0.05, 0.1) is 29.5 Å². The Morgan fingerprint density at radius 1 is 0.956 bits per heavy atom. The number of carbonyl (C=O) groups excluding carboxylic acids is 1. The molecule has 0 radical (unpaired) electrons. The lowest BCUT2D eigenvalue weighted by Crippen LogP contribution is -2.36. The molecule has 2 N–H and O–H groups in total. The Labute approximate surface area is 263 Å². The van der Waals surface area contributed by atoms with E-state index in [4.69, 9.17) is 9.72 Å². The number of aromatic nitrogens is 7. The highest BCUT2D eigenvalue weighted by Crippen LogP contribution is 2.32. The van der Waals surface area contributed by atoms with E-state index >= 15 is 0 Å². The first kappa shape index (κ1) is 28.4. The monoisotopic (exact) mass is 614 g/mol. The fourth-order valence-corrected chi connectivity index (χ4v) is 5.84. The molecule has 224 valence electrons. The highest BCUT2D eigenvalue weighted by atomic mass is 32.1. The Morgan fingerprint density at radius 3 is 2.60 bits per heavy atom. The van der Waals surface area contributed by atoms with Crippen LogP contribution in [-0.2, 0) is 17.8 Å². The van der Waals surface area contributed by atoms with Crippen molar-refractivity contribution < 1.29 is 9.53 Å². The van der Waals surface area contributed by atoms with E-state index < -0.39 is 5.60 Å². The van der Waals surface area contributed by atoms with Crippen molar-refractivity contribution in [2.75, 3.05) is 0 Å². The second kappa shape index (κ2) is 11.6. The summed E-state index contributed by atoms with van der Waals surface area (Å²) in [6.07, 6.45) is 6.68. The van der Waals surface area contributed by atoms with Crippen molar-refractivity contribution in [3.05, 3.63) is 101 Å². The maximum atomic E-state index is 13.2. The molecule has 10 nitrogen and oxygen atoms in total. The van der Waals surface area contributed by atoms with E-state index in [0.717, 1.165) is 49.9 Å². The number of fused-ring (bicyclic) bond motifs is 2. The van der Waals surface area contributed by atoms with Crippen LogP contribution in [0.1, 0.15) is 31.9 Å². The molecule has 0 spiro atoms. The molecule has 7 aromatic rings. The predicted molar refractivity (Wildman–Crippen MR) is 175 cm³/mol. The summed E-state index contributed by atoms with van der Waals surface area (Å²) >= 11 is 1.65. The molecule has 6 heterocycles. The van der Waals surface area contributed by atoms with E-state index in [1.807, 2.05) is 69.3 Å². The van der Waals surface area contributed by atoms with Gasteiger partial charge in [0.2, 0.25) is 0 Å². The zero-order valence-corrected chi connectivity index (χ0v) is 25.8. The summed E-state index contributed by atoms with van der Waals surface area (Å²) in [6.45, 7) is 6.32. The van der Waals surface area contributed by atoms with Gasteiger partial charge in [0, 0.05) is 41.6 Å². The number of imidazole rings is 1. The van der Waals surface area contributed by atoms with Crippen molar-refractivity contribution in [3.63, 3.8) is 0 Å². The van der Waals surface area contributed by atoms with Crippen molar-refractivity contribution in [3.8, 4) is 33.9 Å². The summed E-state index contributed by atoms with van der Waals surface area (Å²) in [6, 6.07) is 17.9. The minimum atomic E-state index is -0.616. The van der Waals surface area contributed by atoms with E-state index in [1.165, 1.54) is 0 Å². The van der Waals surface area contributed by atoms with E-state index in [0.29, 0.717) is 30.3 Å². The van der Waals surface area contributed by atoms with E-state index in [1.54, 1.807) is 41.0 Å². The average Bonchev–Trinajstić information content (AvgIpc) is 3.80. The molecule has 6 aromatic heterocycles. The molecule has 0 fully saturated rings. The van der Waals surface area contributed by atoms with Crippen molar-refractivity contribution in [1.29, 1.82) is 0 Å². The number of ether oxygens (including phenoxy) is 1. The molecule has 7 rings (SSSR count). The molecule has 0 unspecified atom stereocenters. The molecule has 1 amide bonds. The van der Waals surface area contributed by atoms with Crippen LogP contribution in [-0.4, -0.2) is 51.7 Å². The van der Waals surface area contributed by atoms with Gasteiger partial charge in [-0.2, -0.15) is 16.4 Å². The maximum Gasteiger partial charge on any atom is 0.410 e. The summed E-state index contributed by atoms with van der Waals surface area (Å²) in [5.41, 5.74) is 7.88. The SMILES string of the molecule is CC(C)(C)OC(=O)N(Cc1ccccc1)Cc1cncc(-c2cc3c(-c4nc5nccc(-c6ccsc6)c5[nH]4)n[nH]c3cn2)c1.